The molecule has 1 heterocycles. The van der Waals surface area contributed by atoms with E-state index in [0.717, 1.165) is 18.3 Å². The van der Waals surface area contributed by atoms with Crippen molar-refractivity contribution in [2.75, 3.05) is 0 Å². The topological polar surface area (TPSA) is 74.8 Å². The number of hydrogen-bond acceptors (Lipinski definition) is 3. The molecular weight excluding hydrogens is 276 g/mol. The van der Waals surface area contributed by atoms with Crippen LogP contribution in [0.1, 0.15) is 18.5 Å². The summed E-state index contributed by atoms with van der Waals surface area (Å²) in [6.07, 6.45) is 2.30. The molecule has 0 saturated carbocycles. The van der Waals surface area contributed by atoms with E-state index < -0.39 is 27.7 Å². The minimum absolute atomic E-state index is 0.170. The molecule has 5 nitrogen and oxygen atoms in total. The monoisotopic (exact) mass is 287 g/mol. The second-order valence-corrected chi connectivity index (χ2v) is 5.58. The average molecular weight is 287 g/mol. The van der Waals surface area contributed by atoms with Crippen LogP contribution in [0.25, 0.3) is 0 Å². The molecule has 102 valence electrons. The zero-order chi connectivity index (χ0) is 14.0. The Bertz CT molecular complexity index is 651. The molecule has 2 N–H and O–H groups in total. The summed E-state index contributed by atoms with van der Waals surface area (Å²) in [7, 11) is -3.90. The number of H-pyrrole nitrogens is 1. The summed E-state index contributed by atoms with van der Waals surface area (Å²) in [5, 5.41) is -0.170. The summed E-state index contributed by atoms with van der Waals surface area (Å²) in [6, 6.07) is 2.30. The van der Waals surface area contributed by atoms with Crippen molar-refractivity contribution in [2.45, 2.75) is 18.0 Å². The molecule has 1 atom stereocenters. The molecule has 0 spiro atoms. The smallest absolute Gasteiger partial charge is 0.258 e. The number of aromatic amines is 1. The van der Waals surface area contributed by atoms with Gasteiger partial charge in [-0.2, -0.15) is 0 Å². The lowest BCUT2D eigenvalue weighted by Crippen LogP contribution is -2.28. The van der Waals surface area contributed by atoms with E-state index in [0.29, 0.717) is 0 Å². The number of hydrogen-bond donors (Lipinski definition) is 2. The van der Waals surface area contributed by atoms with Gasteiger partial charge in [-0.3, -0.25) is 0 Å². The SMILES string of the molecule is CC(NS(=O)(=O)c1cnc[nH]1)c1c(F)cccc1F. The lowest BCUT2D eigenvalue weighted by molar-refractivity contribution is 0.514. The second kappa shape index (κ2) is 5.06. The molecule has 0 aliphatic rings. The second-order valence-electron chi connectivity index (χ2n) is 3.89. The highest BCUT2D eigenvalue weighted by Crippen LogP contribution is 2.21. The lowest BCUT2D eigenvalue weighted by Gasteiger charge is -2.15. The van der Waals surface area contributed by atoms with Gasteiger partial charge in [-0.05, 0) is 19.1 Å². The minimum atomic E-state index is -3.90. The van der Waals surface area contributed by atoms with Gasteiger partial charge in [0.1, 0.15) is 11.6 Å². The van der Waals surface area contributed by atoms with E-state index in [2.05, 4.69) is 14.7 Å². The Hall–Kier alpha value is -1.80. The van der Waals surface area contributed by atoms with Crippen molar-refractivity contribution in [3.05, 3.63) is 47.9 Å². The molecule has 0 fully saturated rings. The van der Waals surface area contributed by atoms with Crippen molar-refractivity contribution in [3.8, 4) is 0 Å². The number of rotatable bonds is 4. The van der Waals surface area contributed by atoms with Crippen LogP contribution in [0.2, 0.25) is 0 Å². The fraction of sp³-hybridized carbons (Fsp3) is 0.182. The van der Waals surface area contributed by atoms with Gasteiger partial charge in [-0.25, -0.2) is 26.9 Å². The van der Waals surface area contributed by atoms with Crippen molar-refractivity contribution in [2.24, 2.45) is 0 Å². The normalized spacial score (nSPS) is 13.4. The first-order valence-corrected chi connectivity index (χ1v) is 6.85. The summed E-state index contributed by atoms with van der Waals surface area (Å²) < 4.78 is 53.0. The summed E-state index contributed by atoms with van der Waals surface area (Å²) in [5.41, 5.74) is -0.328. The van der Waals surface area contributed by atoms with E-state index in [1.807, 2.05) is 0 Å². The molecule has 19 heavy (non-hydrogen) atoms. The van der Waals surface area contributed by atoms with Crippen molar-refractivity contribution < 1.29 is 17.2 Å². The molecule has 1 aromatic heterocycles. The number of benzene rings is 1. The first-order valence-electron chi connectivity index (χ1n) is 5.36. The van der Waals surface area contributed by atoms with Crippen LogP contribution >= 0.6 is 0 Å². The third kappa shape index (κ3) is 2.79. The third-order valence-corrected chi connectivity index (χ3v) is 3.99. The largest absolute Gasteiger partial charge is 0.335 e. The molecule has 0 bridgehead atoms. The molecule has 0 radical (unpaired) electrons. The lowest BCUT2D eigenvalue weighted by atomic mass is 10.1. The van der Waals surface area contributed by atoms with Crippen LogP contribution in [-0.2, 0) is 10.0 Å². The van der Waals surface area contributed by atoms with E-state index in [1.165, 1.54) is 19.3 Å². The summed E-state index contributed by atoms with van der Waals surface area (Å²) in [5.74, 6) is -1.61. The zero-order valence-corrected chi connectivity index (χ0v) is 10.7. The molecular formula is C11H11F2N3O2S. The van der Waals surface area contributed by atoms with Crippen LogP contribution in [-0.4, -0.2) is 18.4 Å². The Kier molecular flexibility index (Phi) is 3.63. The van der Waals surface area contributed by atoms with Gasteiger partial charge in [0.15, 0.2) is 5.03 Å². The Morgan fingerprint density at radius 1 is 1.32 bits per heavy atom. The summed E-state index contributed by atoms with van der Waals surface area (Å²) in [6.45, 7) is 1.36. The number of nitrogens with one attached hydrogen (secondary N) is 2. The number of imidazole rings is 1. The zero-order valence-electron chi connectivity index (χ0n) is 9.89. The maximum atomic E-state index is 13.5. The highest BCUT2D eigenvalue weighted by Gasteiger charge is 2.23. The highest BCUT2D eigenvalue weighted by molar-refractivity contribution is 7.89. The van der Waals surface area contributed by atoms with Crippen molar-refractivity contribution in [1.82, 2.24) is 14.7 Å². The fourth-order valence-electron chi connectivity index (χ4n) is 1.67. The molecule has 0 amide bonds. The van der Waals surface area contributed by atoms with E-state index in [9.17, 15) is 17.2 Å². The van der Waals surface area contributed by atoms with E-state index in [1.54, 1.807) is 0 Å². The number of aromatic nitrogens is 2. The van der Waals surface area contributed by atoms with Crippen LogP contribution in [0.15, 0.2) is 35.7 Å². The standard InChI is InChI=1S/C11H11F2N3O2S/c1-7(11-8(12)3-2-4-9(11)13)16-19(17,18)10-5-14-6-15-10/h2-7,16H,1H3,(H,14,15). The van der Waals surface area contributed by atoms with Crippen molar-refractivity contribution in [1.29, 1.82) is 0 Å². The molecule has 0 aliphatic heterocycles. The summed E-state index contributed by atoms with van der Waals surface area (Å²) in [4.78, 5) is 6.00. The number of nitrogens with zero attached hydrogens (tertiary/aromatic N) is 1. The van der Waals surface area contributed by atoms with Crippen molar-refractivity contribution >= 4 is 10.0 Å². The van der Waals surface area contributed by atoms with E-state index >= 15 is 0 Å². The van der Waals surface area contributed by atoms with Gasteiger partial charge >= 0.3 is 0 Å². The molecule has 1 unspecified atom stereocenters. The minimum Gasteiger partial charge on any atom is -0.335 e. The molecule has 2 aromatic rings. The van der Waals surface area contributed by atoms with Gasteiger partial charge in [-0.1, -0.05) is 6.07 Å². The predicted octanol–water partition coefficient (Wildman–Crippen LogP) is 1.73. The van der Waals surface area contributed by atoms with Crippen LogP contribution in [0.3, 0.4) is 0 Å². The first-order chi connectivity index (χ1) is 8.92. The van der Waals surface area contributed by atoms with E-state index in [4.69, 9.17) is 0 Å². The molecule has 0 saturated heterocycles. The van der Waals surface area contributed by atoms with Crippen LogP contribution in [0.5, 0.6) is 0 Å². The highest BCUT2D eigenvalue weighted by atomic mass is 32.2. The maximum Gasteiger partial charge on any atom is 0.258 e. The predicted molar refractivity (Wildman–Crippen MR) is 63.7 cm³/mol. The van der Waals surface area contributed by atoms with E-state index in [-0.39, 0.29) is 10.6 Å². The Labute approximate surface area is 108 Å². The molecule has 2 rings (SSSR count). The Morgan fingerprint density at radius 3 is 2.47 bits per heavy atom. The summed E-state index contributed by atoms with van der Waals surface area (Å²) >= 11 is 0. The first kappa shape index (κ1) is 13.6. The van der Waals surface area contributed by atoms with Crippen LogP contribution < -0.4 is 4.72 Å². The quantitative estimate of drug-likeness (QED) is 0.899. The van der Waals surface area contributed by atoms with Gasteiger partial charge in [0.25, 0.3) is 10.0 Å². The molecule has 1 aromatic carbocycles. The van der Waals surface area contributed by atoms with Crippen LogP contribution in [0, 0.1) is 11.6 Å². The number of halogens is 2. The Balaban J connectivity index is 2.30. The number of sulfonamides is 1. The maximum absolute atomic E-state index is 13.5. The van der Waals surface area contributed by atoms with Gasteiger partial charge in [0, 0.05) is 5.56 Å². The van der Waals surface area contributed by atoms with Crippen molar-refractivity contribution in [3.63, 3.8) is 0 Å². The van der Waals surface area contributed by atoms with Gasteiger partial charge < -0.3 is 4.98 Å². The molecule has 0 aliphatic carbocycles. The molecule has 8 heteroatoms. The van der Waals surface area contributed by atoms with Crippen LogP contribution in [0.4, 0.5) is 8.78 Å². The fourth-order valence-corrected chi connectivity index (χ4v) is 2.79. The third-order valence-electron chi connectivity index (χ3n) is 2.53. The average Bonchev–Trinajstić information content (AvgIpc) is 2.81. The van der Waals surface area contributed by atoms with Gasteiger partial charge in [-0.15, -0.1) is 0 Å². The van der Waals surface area contributed by atoms with Gasteiger partial charge in [0.05, 0.1) is 18.6 Å². The Morgan fingerprint density at radius 2 is 1.95 bits per heavy atom. The van der Waals surface area contributed by atoms with Gasteiger partial charge in [0.2, 0.25) is 0 Å².